The van der Waals surface area contributed by atoms with Gasteiger partial charge in [0.15, 0.2) is 6.30 Å². The Balaban J connectivity index is 2.29. The fourth-order valence-corrected chi connectivity index (χ4v) is 1.37. The largest absolute Gasteiger partial charge is 0.305 e. The van der Waals surface area contributed by atoms with Gasteiger partial charge in [0.2, 0.25) is 0 Å². The molecule has 1 rings (SSSR count). The number of likely N-dealkylation sites (tertiary alicyclic amines) is 1. The van der Waals surface area contributed by atoms with Crippen molar-refractivity contribution in [2.75, 3.05) is 13.1 Å². The molecule has 1 heterocycles. The zero-order valence-corrected chi connectivity index (χ0v) is 7.81. The summed E-state index contributed by atoms with van der Waals surface area (Å²) in [6.07, 6.45) is 0.538. The van der Waals surface area contributed by atoms with Gasteiger partial charge in [-0.15, -0.1) is 0 Å². The third-order valence-corrected chi connectivity index (χ3v) is 2.27. The lowest BCUT2D eigenvalue weighted by molar-refractivity contribution is 0.157. The van der Waals surface area contributed by atoms with Gasteiger partial charge in [-0.25, -0.2) is 4.39 Å². The van der Waals surface area contributed by atoms with Crippen LogP contribution in [-0.2, 0) is 0 Å². The number of nitrogens with one attached hydrogen (secondary N) is 1. The molecule has 70 valence electrons. The van der Waals surface area contributed by atoms with Crippen LogP contribution in [0.15, 0.2) is 0 Å². The second-order valence-electron chi connectivity index (χ2n) is 3.83. The molecule has 0 amide bonds. The van der Waals surface area contributed by atoms with E-state index in [0.29, 0.717) is 12.3 Å². The van der Waals surface area contributed by atoms with E-state index >= 15 is 0 Å². The van der Waals surface area contributed by atoms with E-state index in [9.17, 15) is 4.39 Å². The molecule has 1 atom stereocenters. The second-order valence-corrected chi connectivity index (χ2v) is 3.83. The minimum atomic E-state index is -1.09. The van der Waals surface area contributed by atoms with Crippen LogP contribution in [0.1, 0.15) is 26.7 Å². The minimum absolute atomic E-state index is 0.249. The number of hydrogen-bond donors (Lipinski definition) is 1. The molecule has 12 heavy (non-hydrogen) atoms. The summed E-state index contributed by atoms with van der Waals surface area (Å²) < 4.78 is 13.1. The summed E-state index contributed by atoms with van der Waals surface area (Å²) in [5, 5.41) is 7.25. The van der Waals surface area contributed by atoms with E-state index in [1.807, 2.05) is 0 Å². The van der Waals surface area contributed by atoms with Crippen molar-refractivity contribution in [3.8, 4) is 0 Å². The fraction of sp³-hybridized carbons (Fsp3) is 0.889. The van der Waals surface area contributed by atoms with Crippen molar-refractivity contribution in [2.24, 2.45) is 5.92 Å². The zero-order chi connectivity index (χ0) is 9.14. The van der Waals surface area contributed by atoms with E-state index in [1.165, 1.54) is 0 Å². The standard InChI is InChI=1S/C9H17FN2/c1-7(2)3-5-12-6-4-8(11)9(12)10/h7,9,11H,3-6H2,1-2H3. The Labute approximate surface area is 73.3 Å². The van der Waals surface area contributed by atoms with Crippen molar-refractivity contribution in [1.82, 2.24) is 4.90 Å². The average Bonchev–Trinajstić information content (AvgIpc) is 2.30. The van der Waals surface area contributed by atoms with Gasteiger partial charge in [-0.2, -0.15) is 0 Å². The lowest BCUT2D eigenvalue weighted by Gasteiger charge is -2.18. The first-order chi connectivity index (χ1) is 5.61. The van der Waals surface area contributed by atoms with E-state index < -0.39 is 6.30 Å². The zero-order valence-electron chi connectivity index (χ0n) is 7.81. The topological polar surface area (TPSA) is 27.1 Å². The second kappa shape index (κ2) is 3.99. The first kappa shape index (κ1) is 9.65. The van der Waals surface area contributed by atoms with E-state index in [4.69, 9.17) is 5.41 Å². The Bertz CT molecular complexity index is 168. The average molecular weight is 172 g/mol. The van der Waals surface area contributed by atoms with Gasteiger partial charge in [0, 0.05) is 19.5 Å². The summed E-state index contributed by atoms with van der Waals surface area (Å²) >= 11 is 0. The van der Waals surface area contributed by atoms with Gasteiger partial charge < -0.3 is 5.41 Å². The smallest absolute Gasteiger partial charge is 0.191 e. The van der Waals surface area contributed by atoms with Gasteiger partial charge in [-0.1, -0.05) is 13.8 Å². The molecule has 3 heteroatoms. The SMILES string of the molecule is CC(C)CCN1CCC(=N)C1F. The maximum atomic E-state index is 13.1. The van der Waals surface area contributed by atoms with Gasteiger partial charge in [-0.3, -0.25) is 4.90 Å². The number of halogens is 1. The molecule has 1 fully saturated rings. The molecule has 0 radical (unpaired) electrons. The van der Waals surface area contributed by atoms with Crippen LogP contribution >= 0.6 is 0 Å². The van der Waals surface area contributed by atoms with Crippen LogP contribution in [0.3, 0.4) is 0 Å². The predicted molar refractivity (Wildman–Crippen MR) is 48.3 cm³/mol. The predicted octanol–water partition coefficient (Wildman–Crippen LogP) is 2.05. The lowest BCUT2D eigenvalue weighted by Crippen LogP contribution is -2.30. The van der Waals surface area contributed by atoms with Crippen LogP contribution in [0.4, 0.5) is 4.39 Å². The normalized spacial score (nSPS) is 25.7. The molecule has 1 unspecified atom stereocenters. The molecule has 0 spiro atoms. The summed E-state index contributed by atoms with van der Waals surface area (Å²) in [6.45, 7) is 5.79. The molecule has 0 saturated carbocycles. The maximum Gasteiger partial charge on any atom is 0.191 e. The summed E-state index contributed by atoms with van der Waals surface area (Å²) in [7, 11) is 0. The highest BCUT2D eigenvalue weighted by Crippen LogP contribution is 2.16. The van der Waals surface area contributed by atoms with Crippen molar-refractivity contribution < 1.29 is 4.39 Å². The Kier molecular flexibility index (Phi) is 3.20. The van der Waals surface area contributed by atoms with Crippen molar-refractivity contribution in [3.63, 3.8) is 0 Å². The molecular weight excluding hydrogens is 155 g/mol. The number of alkyl halides is 1. The first-order valence-electron chi connectivity index (χ1n) is 4.56. The Hall–Kier alpha value is -0.440. The molecule has 0 aromatic heterocycles. The molecule has 2 nitrogen and oxygen atoms in total. The van der Waals surface area contributed by atoms with E-state index in [0.717, 1.165) is 19.5 Å². The van der Waals surface area contributed by atoms with Crippen molar-refractivity contribution in [2.45, 2.75) is 33.0 Å². The quantitative estimate of drug-likeness (QED) is 0.648. The molecule has 1 saturated heterocycles. The highest BCUT2D eigenvalue weighted by molar-refractivity contribution is 5.87. The van der Waals surface area contributed by atoms with Gasteiger partial charge >= 0.3 is 0 Å². The molecule has 0 aliphatic carbocycles. The number of hydrogen-bond acceptors (Lipinski definition) is 2. The van der Waals surface area contributed by atoms with E-state index in [2.05, 4.69) is 13.8 Å². The van der Waals surface area contributed by atoms with Gasteiger partial charge in [0.25, 0.3) is 0 Å². The molecule has 1 N–H and O–H groups in total. The van der Waals surface area contributed by atoms with Gasteiger partial charge in [0.1, 0.15) is 0 Å². The van der Waals surface area contributed by atoms with Crippen molar-refractivity contribution in [1.29, 1.82) is 5.41 Å². The minimum Gasteiger partial charge on any atom is -0.305 e. The monoisotopic (exact) mass is 172 g/mol. The van der Waals surface area contributed by atoms with E-state index in [-0.39, 0.29) is 5.71 Å². The number of rotatable bonds is 3. The Morgan fingerprint density at radius 1 is 1.67 bits per heavy atom. The summed E-state index contributed by atoms with van der Waals surface area (Å²) in [6, 6.07) is 0. The summed E-state index contributed by atoms with van der Waals surface area (Å²) in [5.74, 6) is 0.618. The molecule has 1 aliphatic heterocycles. The van der Waals surface area contributed by atoms with Gasteiger partial charge in [0.05, 0.1) is 5.71 Å². The Morgan fingerprint density at radius 2 is 2.33 bits per heavy atom. The summed E-state index contributed by atoms with van der Waals surface area (Å²) in [4.78, 5) is 1.75. The van der Waals surface area contributed by atoms with Crippen LogP contribution in [0, 0.1) is 11.3 Å². The third kappa shape index (κ3) is 2.27. The van der Waals surface area contributed by atoms with E-state index in [1.54, 1.807) is 4.90 Å². The number of nitrogens with zero attached hydrogens (tertiary/aromatic N) is 1. The fourth-order valence-electron chi connectivity index (χ4n) is 1.37. The molecule has 0 bridgehead atoms. The Morgan fingerprint density at radius 3 is 2.75 bits per heavy atom. The van der Waals surface area contributed by atoms with Crippen LogP contribution in [0.5, 0.6) is 0 Å². The van der Waals surface area contributed by atoms with Crippen LogP contribution in [-0.4, -0.2) is 30.0 Å². The summed E-state index contributed by atoms with van der Waals surface area (Å²) in [5.41, 5.74) is 0.249. The van der Waals surface area contributed by atoms with Gasteiger partial charge in [-0.05, 0) is 12.3 Å². The van der Waals surface area contributed by atoms with Crippen molar-refractivity contribution in [3.05, 3.63) is 0 Å². The molecule has 0 aromatic carbocycles. The highest BCUT2D eigenvalue weighted by Gasteiger charge is 2.28. The molecular formula is C9H17FN2. The first-order valence-corrected chi connectivity index (χ1v) is 4.56. The highest BCUT2D eigenvalue weighted by atomic mass is 19.1. The van der Waals surface area contributed by atoms with Crippen molar-refractivity contribution >= 4 is 5.71 Å². The molecule has 0 aromatic rings. The third-order valence-electron chi connectivity index (χ3n) is 2.27. The lowest BCUT2D eigenvalue weighted by atomic mass is 10.1. The van der Waals surface area contributed by atoms with Crippen LogP contribution in [0.25, 0.3) is 0 Å². The molecule has 1 aliphatic rings. The maximum absolute atomic E-state index is 13.1. The van der Waals surface area contributed by atoms with Crippen LogP contribution < -0.4 is 0 Å². The van der Waals surface area contributed by atoms with Crippen LogP contribution in [0.2, 0.25) is 0 Å².